The van der Waals surface area contributed by atoms with Gasteiger partial charge in [-0.15, -0.1) is 0 Å². The lowest BCUT2D eigenvalue weighted by Crippen LogP contribution is -2.36. The van der Waals surface area contributed by atoms with Gasteiger partial charge in [-0.25, -0.2) is 14.8 Å². The van der Waals surface area contributed by atoms with Gasteiger partial charge in [0.05, 0.1) is 12.2 Å². The number of hydrogen-bond acceptors (Lipinski definition) is 4. The second-order valence-corrected chi connectivity index (χ2v) is 4.28. The van der Waals surface area contributed by atoms with Gasteiger partial charge in [-0.2, -0.15) is 0 Å². The molecule has 2 amide bonds. The number of aromatic nitrogens is 3. The highest BCUT2D eigenvalue weighted by Crippen LogP contribution is 1.94. The van der Waals surface area contributed by atoms with Crippen molar-refractivity contribution in [1.29, 1.82) is 0 Å². The first-order valence-corrected chi connectivity index (χ1v) is 6.44. The SMILES string of the molecule is Cc1nccc(CNC(=O)NCCc2ccccn2)n1. The van der Waals surface area contributed by atoms with E-state index in [1.54, 1.807) is 18.5 Å². The molecular formula is C14H17N5O. The van der Waals surface area contributed by atoms with Crippen LogP contribution in [0.2, 0.25) is 0 Å². The van der Waals surface area contributed by atoms with Crippen LogP contribution in [0.1, 0.15) is 17.2 Å². The van der Waals surface area contributed by atoms with Crippen molar-refractivity contribution in [3.8, 4) is 0 Å². The number of nitrogens with one attached hydrogen (secondary N) is 2. The van der Waals surface area contributed by atoms with Crippen LogP contribution in [0.15, 0.2) is 36.7 Å². The van der Waals surface area contributed by atoms with Crippen molar-refractivity contribution in [2.75, 3.05) is 6.54 Å². The van der Waals surface area contributed by atoms with Crippen molar-refractivity contribution in [1.82, 2.24) is 25.6 Å². The monoisotopic (exact) mass is 271 g/mol. The number of carbonyl (C=O) groups excluding carboxylic acids is 1. The van der Waals surface area contributed by atoms with Crippen LogP contribution in [-0.2, 0) is 13.0 Å². The minimum atomic E-state index is -0.211. The molecule has 2 aromatic heterocycles. The average Bonchev–Trinajstić information content (AvgIpc) is 2.46. The van der Waals surface area contributed by atoms with E-state index in [-0.39, 0.29) is 6.03 Å². The first-order chi connectivity index (χ1) is 9.74. The molecule has 0 saturated heterocycles. The summed E-state index contributed by atoms with van der Waals surface area (Å²) < 4.78 is 0. The zero-order chi connectivity index (χ0) is 14.2. The van der Waals surface area contributed by atoms with Crippen LogP contribution in [0.4, 0.5) is 4.79 Å². The maximum Gasteiger partial charge on any atom is 0.315 e. The summed E-state index contributed by atoms with van der Waals surface area (Å²) in [6, 6.07) is 7.30. The molecule has 0 spiro atoms. The lowest BCUT2D eigenvalue weighted by atomic mass is 10.3. The molecule has 2 N–H and O–H groups in total. The number of pyridine rings is 1. The molecule has 6 nitrogen and oxygen atoms in total. The maximum absolute atomic E-state index is 11.6. The van der Waals surface area contributed by atoms with Gasteiger partial charge in [0.1, 0.15) is 5.82 Å². The highest BCUT2D eigenvalue weighted by Gasteiger charge is 2.01. The molecule has 0 saturated carbocycles. The van der Waals surface area contributed by atoms with E-state index in [1.165, 1.54) is 0 Å². The lowest BCUT2D eigenvalue weighted by Gasteiger charge is -2.07. The molecule has 6 heteroatoms. The third-order valence-electron chi connectivity index (χ3n) is 2.66. The molecule has 0 aromatic carbocycles. The predicted molar refractivity (Wildman–Crippen MR) is 74.9 cm³/mol. The Kier molecular flexibility index (Phi) is 5.00. The van der Waals surface area contributed by atoms with Crippen molar-refractivity contribution < 1.29 is 4.79 Å². The van der Waals surface area contributed by atoms with Crippen LogP contribution >= 0.6 is 0 Å². The molecule has 0 unspecified atom stereocenters. The van der Waals surface area contributed by atoms with E-state index in [4.69, 9.17) is 0 Å². The summed E-state index contributed by atoms with van der Waals surface area (Å²) in [5, 5.41) is 5.53. The number of aryl methyl sites for hydroxylation is 1. The van der Waals surface area contributed by atoms with E-state index in [0.29, 0.717) is 25.3 Å². The molecule has 20 heavy (non-hydrogen) atoms. The van der Waals surface area contributed by atoms with Crippen LogP contribution in [0.5, 0.6) is 0 Å². The zero-order valence-corrected chi connectivity index (χ0v) is 11.3. The van der Waals surface area contributed by atoms with Crippen LogP contribution < -0.4 is 10.6 Å². The Morgan fingerprint density at radius 2 is 2.00 bits per heavy atom. The van der Waals surface area contributed by atoms with E-state index in [9.17, 15) is 4.79 Å². The summed E-state index contributed by atoms with van der Waals surface area (Å²) in [5.74, 6) is 0.694. The van der Waals surface area contributed by atoms with Crippen LogP contribution in [-0.4, -0.2) is 27.5 Å². The number of rotatable bonds is 5. The number of hydrogen-bond donors (Lipinski definition) is 2. The van der Waals surface area contributed by atoms with Crippen molar-refractivity contribution in [2.24, 2.45) is 0 Å². The molecule has 0 aliphatic heterocycles. The zero-order valence-electron chi connectivity index (χ0n) is 11.3. The average molecular weight is 271 g/mol. The van der Waals surface area contributed by atoms with Gasteiger partial charge >= 0.3 is 6.03 Å². The van der Waals surface area contributed by atoms with Gasteiger partial charge in [0.15, 0.2) is 0 Å². The molecule has 2 rings (SSSR count). The fourth-order valence-electron chi connectivity index (χ4n) is 1.69. The highest BCUT2D eigenvalue weighted by molar-refractivity contribution is 5.73. The van der Waals surface area contributed by atoms with Crippen molar-refractivity contribution in [3.05, 3.63) is 53.9 Å². The first-order valence-electron chi connectivity index (χ1n) is 6.44. The largest absolute Gasteiger partial charge is 0.338 e. The van der Waals surface area contributed by atoms with Crippen LogP contribution in [0.25, 0.3) is 0 Å². The van der Waals surface area contributed by atoms with Crippen molar-refractivity contribution in [2.45, 2.75) is 19.9 Å². The van der Waals surface area contributed by atoms with E-state index in [1.807, 2.05) is 25.1 Å². The number of amides is 2. The Morgan fingerprint density at radius 1 is 1.10 bits per heavy atom. The third-order valence-corrected chi connectivity index (χ3v) is 2.66. The van der Waals surface area contributed by atoms with Gasteiger partial charge in [-0.05, 0) is 25.1 Å². The Morgan fingerprint density at radius 3 is 2.75 bits per heavy atom. The molecular weight excluding hydrogens is 254 g/mol. The van der Waals surface area contributed by atoms with Gasteiger partial charge < -0.3 is 10.6 Å². The summed E-state index contributed by atoms with van der Waals surface area (Å²) in [6.07, 6.45) is 4.13. The Balaban J connectivity index is 1.68. The standard InChI is InChI=1S/C14H17N5O/c1-11-15-8-6-13(19-11)10-18-14(20)17-9-5-12-4-2-3-7-16-12/h2-4,6-8H,5,9-10H2,1H3,(H2,17,18,20). The third kappa shape index (κ3) is 4.64. The molecule has 104 valence electrons. The van der Waals surface area contributed by atoms with Crippen LogP contribution in [0, 0.1) is 6.92 Å². The molecule has 0 atom stereocenters. The fraction of sp³-hybridized carbons (Fsp3) is 0.286. The molecule has 0 radical (unpaired) electrons. The second-order valence-electron chi connectivity index (χ2n) is 4.28. The summed E-state index contributed by atoms with van der Waals surface area (Å²) in [6.45, 7) is 2.75. The lowest BCUT2D eigenvalue weighted by molar-refractivity contribution is 0.240. The second kappa shape index (κ2) is 7.18. The maximum atomic E-state index is 11.6. The number of urea groups is 1. The summed E-state index contributed by atoms with van der Waals surface area (Å²) in [7, 11) is 0. The van der Waals surface area contributed by atoms with Gasteiger partial charge in [-0.1, -0.05) is 6.07 Å². The van der Waals surface area contributed by atoms with E-state index < -0.39 is 0 Å². The summed E-state index contributed by atoms with van der Waals surface area (Å²) in [4.78, 5) is 24.0. The normalized spacial score (nSPS) is 10.1. The topological polar surface area (TPSA) is 79.8 Å². The minimum Gasteiger partial charge on any atom is -0.338 e. The minimum absolute atomic E-state index is 0.211. The van der Waals surface area contributed by atoms with Crippen LogP contribution in [0.3, 0.4) is 0 Å². The Labute approximate surface area is 117 Å². The first kappa shape index (κ1) is 13.9. The van der Waals surface area contributed by atoms with E-state index in [0.717, 1.165) is 11.4 Å². The quantitative estimate of drug-likeness (QED) is 0.857. The molecule has 2 heterocycles. The summed E-state index contributed by atoms with van der Waals surface area (Å²) in [5.41, 5.74) is 1.75. The molecule has 0 fully saturated rings. The van der Waals surface area contributed by atoms with Gasteiger partial charge in [0.25, 0.3) is 0 Å². The van der Waals surface area contributed by atoms with E-state index >= 15 is 0 Å². The smallest absolute Gasteiger partial charge is 0.315 e. The van der Waals surface area contributed by atoms with E-state index in [2.05, 4.69) is 25.6 Å². The number of carbonyl (C=O) groups is 1. The fourth-order valence-corrected chi connectivity index (χ4v) is 1.69. The highest BCUT2D eigenvalue weighted by atomic mass is 16.2. The predicted octanol–water partition coefficient (Wildman–Crippen LogP) is 1.22. The van der Waals surface area contributed by atoms with Gasteiger partial charge in [0, 0.05) is 31.1 Å². The van der Waals surface area contributed by atoms with Gasteiger partial charge in [-0.3, -0.25) is 4.98 Å². The molecule has 0 aliphatic carbocycles. The molecule has 2 aromatic rings. The van der Waals surface area contributed by atoms with Crippen molar-refractivity contribution in [3.63, 3.8) is 0 Å². The molecule has 0 bridgehead atoms. The number of nitrogens with zero attached hydrogens (tertiary/aromatic N) is 3. The van der Waals surface area contributed by atoms with Gasteiger partial charge in [0.2, 0.25) is 0 Å². The summed E-state index contributed by atoms with van der Waals surface area (Å²) >= 11 is 0. The Bertz CT molecular complexity index is 559. The molecule has 0 aliphatic rings. The Hall–Kier alpha value is -2.50. The van der Waals surface area contributed by atoms with Crippen molar-refractivity contribution >= 4 is 6.03 Å².